The summed E-state index contributed by atoms with van der Waals surface area (Å²) < 4.78 is 48.9. The molecule has 8 nitrogen and oxygen atoms in total. The molecule has 0 fully saturated rings. The maximum atomic E-state index is 12.9. The van der Waals surface area contributed by atoms with Crippen LogP contribution in [0.4, 0.5) is 18.9 Å². The summed E-state index contributed by atoms with van der Waals surface area (Å²) in [6.07, 6.45) is -3.49. The number of ether oxygens (including phenoxy) is 2. The highest BCUT2D eigenvalue weighted by Crippen LogP contribution is 2.33. The van der Waals surface area contributed by atoms with Crippen LogP contribution in [0.3, 0.4) is 0 Å². The smallest absolute Gasteiger partial charge is 0.416 e. The molecule has 0 saturated heterocycles. The molecule has 0 heterocycles. The SMILES string of the molecule is COc1cccc(C(=O)Oc2cccc(/C=N/NC(=O)C(=O)Nc3cc(C(F)(F)F)ccc3Cl)c2)c1. The molecule has 0 unspecified atom stereocenters. The van der Waals surface area contributed by atoms with Gasteiger partial charge in [0.15, 0.2) is 0 Å². The second kappa shape index (κ2) is 11.4. The fourth-order valence-corrected chi connectivity index (χ4v) is 2.93. The number of nitrogens with one attached hydrogen (secondary N) is 2. The third-order valence-electron chi connectivity index (χ3n) is 4.50. The Kier molecular flexibility index (Phi) is 8.28. The number of benzene rings is 3. The van der Waals surface area contributed by atoms with Gasteiger partial charge in [0, 0.05) is 0 Å². The predicted octanol–water partition coefficient (Wildman–Crippen LogP) is 4.68. The maximum Gasteiger partial charge on any atom is 0.416 e. The van der Waals surface area contributed by atoms with Crippen molar-refractivity contribution >= 4 is 41.3 Å². The Morgan fingerprint density at radius 3 is 2.39 bits per heavy atom. The van der Waals surface area contributed by atoms with Crippen LogP contribution < -0.4 is 20.2 Å². The molecule has 3 aromatic carbocycles. The Morgan fingerprint density at radius 2 is 1.67 bits per heavy atom. The zero-order chi connectivity index (χ0) is 26.3. The number of esters is 1. The molecule has 0 radical (unpaired) electrons. The van der Waals surface area contributed by atoms with E-state index in [2.05, 4.69) is 5.10 Å². The number of hydrogen-bond donors (Lipinski definition) is 2. The molecule has 3 aromatic rings. The van der Waals surface area contributed by atoms with Crippen LogP contribution >= 0.6 is 11.6 Å². The van der Waals surface area contributed by atoms with Gasteiger partial charge in [-0.15, -0.1) is 0 Å². The first kappa shape index (κ1) is 26.2. The average molecular weight is 520 g/mol. The Balaban J connectivity index is 1.60. The summed E-state index contributed by atoms with van der Waals surface area (Å²) in [5.74, 6) is -2.48. The van der Waals surface area contributed by atoms with Crippen LogP contribution in [0.2, 0.25) is 5.02 Å². The number of anilines is 1. The molecular formula is C24H17ClF3N3O5. The number of carbonyl (C=O) groups is 3. The fourth-order valence-electron chi connectivity index (χ4n) is 2.77. The number of methoxy groups -OCH3 is 1. The minimum Gasteiger partial charge on any atom is -0.497 e. The molecule has 186 valence electrons. The normalized spacial score (nSPS) is 11.1. The summed E-state index contributed by atoms with van der Waals surface area (Å²) in [5, 5.41) is 5.44. The van der Waals surface area contributed by atoms with Crippen molar-refractivity contribution in [1.82, 2.24) is 5.43 Å². The van der Waals surface area contributed by atoms with Crippen molar-refractivity contribution in [2.75, 3.05) is 12.4 Å². The van der Waals surface area contributed by atoms with E-state index in [1.165, 1.54) is 31.5 Å². The quantitative estimate of drug-likeness (QED) is 0.162. The van der Waals surface area contributed by atoms with Crippen LogP contribution in [0.5, 0.6) is 11.5 Å². The first-order valence-electron chi connectivity index (χ1n) is 10.0. The number of nitrogens with zero attached hydrogens (tertiary/aromatic N) is 1. The van der Waals surface area contributed by atoms with E-state index in [-0.39, 0.29) is 22.0 Å². The second-order valence-corrected chi connectivity index (χ2v) is 7.45. The molecule has 3 rings (SSSR count). The minimum absolute atomic E-state index is 0.187. The zero-order valence-electron chi connectivity index (χ0n) is 18.4. The van der Waals surface area contributed by atoms with Crippen molar-refractivity contribution in [3.05, 3.63) is 88.4 Å². The van der Waals surface area contributed by atoms with E-state index < -0.39 is 29.5 Å². The van der Waals surface area contributed by atoms with E-state index in [1.54, 1.807) is 30.3 Å². The topological polar surface area (TPSA) is 106 Å². The first-order chi connectivity index (χ1) is 17.1. The minimum atomic E-state index is -4.66. The molecule has 2 amide bonds. The summed E-state index contributed by atoms with van der Waals surface area (Å²) in [6, 6.07) is 14.8. The Bertz CT molecular complexity index is 1330. The number of halogens is 4. The van der Waals surface area contributed by atoms with Gasteiger partial charge in [-0.3, -0.25) is 9.59 Å². The number of alkyl halides is 3. The lowest BCUT2D eigenvalue weighted by Crippen LogP contribution is -2.32. The van der Waals surface area contributed by atoms with Crippen LogP contribution in [0.15, 0.2) is 71.8 Å². The Morgan fingerprint density at radius 1 is 0.944 bits per heavy atom. The molecule has 0 atom stereocenters. The highest BCUT2D eigenvalue weighted by molar-refractivity contribution is 6.41. The molecule has 0 aliphatic carbocycles. The lowest BCUT2D eigenvalue weighted by atomic mass is 10.2. The summed E-state index contributed by atoms with van der Waals surface area (Å²) in [6.45, 7) is 0. The van der Waals surface area contributed by atoms with Gasteiger partial charge >= 0.3 is 24.0 Å². The van der Waals surface area contributed by atoms with Gasteiger partial charge in [-0.2, -0.15) is 18.3 Å². The number of hydrogen-bond acceptors (Lipinski definition) is 6. The highest BCUT2D eigenvalue weighted by atomic mass is 35.5. The monoisotopic (exact) mass is 519 g/mol. The fraction of sp³-hybridized carbons (Fsp3) is 0.0833. The number of carbonyl (C=O) groups excluding carboxylic acids is 3. The van der Waals surface area contributed by atoms with Gasteiger partial charge in [0.1, 0.15) is 11.5 Å². The molecule has 0 aromatic heterocycles. The van der Waals surface area contributed by atoms with Crippen LogP contribution in [0.25, 0.3) is 0 Å². The molecule has 0 saturated carbocycles. The third-order valence-corrected chi connectivity index (χ3v) is 4.83. The van der Waals surface area contributed by atoms with Gasteiger partial charge in [0.05, 0.1) is 35.2 Å². The van der Waals surface area contributed by atoms with Gasteiger partial charge in [-0.25, -0.2) is 10.2 Å². The van der Waals surface area contributed by atoms with Crippen molar-refractivity contribution < 1.29 is 37.0 Å². The van der Waals surface area contributed by atoms with Crippen molar-refractivity contribution in [2.24, 2.45) is 5.10 Å². The highest BCUT2D eigenvalue weighted by Gasteiger charge is 2.31. The Hall–Kier alpha value is -4.38. The molecule has 12 heteroatoms. The van der Waals surface area contributed by atoms with E-state index in [4.69, 9.17) is 21.1 Å². The van der Waals surface area contributed by atoms with Gasteiger partial charge in [0.2, 0.25) is 0 Å². The zero-order valence-corrected chi connectivity index (χ0v) is 19.2. The lowest BCUT2D eigenvalue weighted by Gasteiger charge is -2.11. The van der Waals surface area contributed by atoms with Crippen molar-refractivity contribution in [3.63, 3.8) is 0 Å². The predicted molar refractivity (Wildman–Crippen MR) is 125 cm³/mol. The molecule has 0 aliphatic rings. The summed E-state index contributed by atoms with van der Waals surface area (Å²) in [7, 11) is 1.47. The summed E-state index contributed by atoms with van der Waals surface area (Å²) in [4.78, 5) is 36.3. The van der Waals surface area contributed by atoms with Crippen LogP contribution in [-0.4, -0.2) is 31.1 Å². The first-order valence-corrected chi connectivity index (χ1v) is 10.4. The van der Waals surface area contributed by atoms with Gasteiger partial charge in [-0.05, 0) is 54.1 Å². The summed E-state index contributed by atoms with van der Waals surface area (Å²) >= 11 is 5.80. The van der Waals surface area contributed by atoms with E-state index in [0.717, 1.165) is 12.1 Å². The van der Waals surface area contributed by atoms with Crippen LogP contribution in [-0.2, 0) is 15.8 Å². The number of hydrazone groups is 1. The molecular weight excluding hydrogens is 503 g/mol. The maximum absolute atomic E-state index is 12.9. The third kappa shape index (κ3) is 7.06. The van der Waals surface area contributed by atoms with E-state index in [9.17, 15) is 27.6 Å². The molecule has 0 bridgehead atoms. The number of rotatable bonds is 6. The molecule has 36 heavy (non-hydrogen) atoms. The summed E-state index contributed by atoms with van der Waals surface area (Å²) in [5.41, 5.74) is 1.19. The standard InChI is InChI=1S/C24H17ClF3N3O5/c1-35-17-6-3-5-15(11-17)23(34)36-18-7-2-4-14(10-18)13-29-31-22(33)21(32)30-20-12-16(24(26,27)28)8-9-19(20)25/h2-13H,1H3,(H,30,32)(H,31,33)/b29-13+. The second-order valence-electron chi connectivity index (χ2n) is 7.04. The van der Waals surface area contributed by atoms with Gasteiger partial charge < -0.3 is 14.8 Å². The van der Waals surface area contributed by atoms with Gasteiger partial charge in [-0.1, -0.05) is 29.8 Å². The number of amides is 2. The lowest BCUT2D eigenvalue weighted by molar-refractivity contribution is -0.137. The molecule has 2 N–H and O–H groups in total. The van der Waals surface area contributed by atoms with Crippen LogP contribution in [0, 0.1) is 0 Å². The average Bonchev–Trinajstić information content (AvgIpc) is 2.84. The largest absolute Gasteiger partial charge is 0.497 e. The Labute approximate surface area is 207 Å². The van der Waals surface area contributed by atoms with E-state index in [1.807, 2.05) is 10.7 Å². The van der Waals surface area contributed by atoms with E-state index >= 15 is 0 Å². The van der Waals surface area contributed by atoms with Crippen molar-refractivity contribution in [1.29, 1.82) is 0 Å². The van der Waals surface area contributed by atoms with Crippen molar-refractivity contribution in [3.8, 4) is 11.5 Å². The van der Waals surface area contributed by atoms with Crippen molar-refractivity contribution in [2.45, 2.75) is 6.18 Å². The molecule has 0 spiro atoms. The molecule has 0 aliphatic heterocycles. The van der Waals surface area contributed by atoms with Crippen LogP contribution in [0.1, 0.15) is 21.5 Å². The van der Waals surface area contributed by atoms with Gasteiger partial charge in [0.25, 0.3) is 0 Å². The van der Waals surface area contributed by atoms with E-state index in [0.29, 0.717) is 17.4 Å².